The van der Waals surface area contributed by atoms with Crippen LogP contribution in [0.4, 0.5) is 0 Å². The molecule has 0 spiro atoms. The molecular formula is C86H62. The van der Waals surface area contributed by atoms with E-state index in [1.54, 1.807) is 0 Å². The van der Waals surface area contributed by atoms with Crippen LogP contribution in [0.2, 0.25) is 0 Å². The lowest BCUT2D eigenvalue weighted by molar-refractivity contribution is 0.428. The smallest absolute Gasteiger partial charge is 0.0710 e. The van der Waals surface area contributed by atoms with Gasteiger partial charge in [-0.2, -0.15) is 0 Å². The van der Waals surface area contributed by atoms with Crippen LogP contribution in [0.5, 0.6) is 0 Å². The summed E-state index contributed by atoms with van der Waals surface area (Å²) in [5, 5.41) is 0. The van der Waals surface area contributed by atoms with Crippen molar-refractivity contribution in [2.75, 3.05) is 0 Å². The Hall–Kier alpha value is -9.56. The van der Waals surface area contributed by atoms with Crippen molar-refractivity contribution in [1.82, 2.24) is 0 Å². The van der Waals surface area contributed by atoms with Crippen molar-refractivity contribution >= 4 is 0 Å². The molecular weight excluding hydrogens is 1030 g/mol. The lowest BCUT2D eigenvalue weighted by Gasteiger charge is -2.48. The SMILES string of the molecule is CC(C)(C)C#Cc1c2c(c(C#CCC#Cc3c4c(c(C#CCC(C)(C)C)c5c3C3c6ccccc6C5c5ccccc53)C3c5ccccc5C4c4ccccc43)c3c1C1c4ccccc4C3c3ccccc31)C1c3ccccc3C2c2ccccc21. The van der Waals surface area contributed by atoms with Crippen molar-refractivity contribution in [1.29, 1.82) is 0 Å². The summed E-state index contributed by atoms with van der Waals surface area (Å²) in [6.45, 7) is 13.7. The van der Waals surface area contributed by atoms with Crippen molar-refractivity contribution in [3.8, 4) is 47.4 Å². The van der Waals surface area contributed by atoms with E-state index in [1.807, 2.05) is 0 Å². The molecule has 0 fully saturated rings. The highest BCUT2D eigenvalue weighted by molar-refractivity contribution is 5.85. The first-order valence-electron chi connectivity index (χ1n) is 31.2. The zero-order valence-corrected chi connectivity index (χ0v) is 49.5. The average molecular weight is 1100 g/mol. The Bertz CT molecular complexity index is 4540. The maximum absolute atomic E-state index is 4.14. The molecule has 0 amide bonds. The average Bonchev–Trinajstić information content (AvgIpc) is 0.725. The summed E-state index contributed by atoms with van der Waals surface area (Å²) in [6, 6.07) is 74.1. The third kappa shape index (κ3) is 6.77. The van der Waals surface area contributed by atoms with Gasteiger partial charge >= 0.3 is 0 Å². The maximum Gasteiger partial charge on any atom is 0.0710 e. The molecule has 0 atom stereocenters. The summed E-state index contributed by atoms with van der Waals surface area (Å²) in [4.78, 5) is 0. The first-order chi connectivity index (χ1) is 42.0. The molecule has 0 aliphatic heterocycles. The predicted octanol–water partition coefficient (Wildman–Crippen LogP) is 18.6. The summed E-state index contributed by atoms with van der Waals surface area (Å²) in [5.74, 6) is 32.1. The third-order valence-electron chi connectivity index (χ3n) is 20.6. The van der Waals surface area contributed by atoms with Crippen molar-refractivity contribution in [2.24, 2.45) is 10.8 Å². The number of hydrogen-bond donors (Lipinski definition) is 0. The first-order valence-corrected chi connectivity index (χ1v) is 31.2. The molecule has 0 saturated heterocycles. The van der Waals surface area contributed by atoms with E-state index in [2.05, 4.69) is 283 Å². The molecule has 0 radical (unpaired) electrons. The zero-order chi connectivity index (χ0) is 57.5. The Labute approximate surface area is 506 Å². The number of benzene rings is 10. The van der Waals surface area contributed by atoms with Crippen LogP contribution in [0.15, 0.2) is 194 Å². The fraction of sp³-hybridized carbons (Fsp3) is 0.209. The molecule has 0 heterocycles. The summed E-state index contributed by atoms with van der Waals surface area (Å²) in [6.07, 6.45) is 1.22. The van der Waals surface area contributed by atoms with Crippen LogP contribution in [0, 0.1) is 58.2 Å². The minimum atomic E-state index is -0.207. The van der Waals surface area contributed by atoms with Crippen LogP contribution in [0.1, 0.15) is 258 Å². The molecule has 8 bridgehead atoms. The van der Waals surface area contributed by atoms with Gasteiger partial charge in [0.05, 0.1) is 6.42 Å². The van der Waals surface area contributed by atoms with Gasteiger partial charge in [0.2, 0.25) is 0 Å². The van der Waals surface area contributed by atoms with Crippen LogP contribution in [0.3, 0.4) is 0 Å². The van der Waals surface area contributed by atoms with Crippen molar-refractivity contribution < 1.29 is 0 Å². The fourth-order valence-electron chi connectivity index (χ4n) is 17.7. The van der Waals surface area contributed by atoms with E-state index in [-0.39, 0.29) is 58.2 Å². The molecule has 0 nitrogen and oxygen atoms in total. The van der Waals surface area contributed by atoms with Gasteiger partial charge in [0.25, 0.3) is 0 Å². The number of hydrogen-bond acceptors (Lipinski definition) is 0. The van der Waals surface area contributed by atoms with E-state index in [4.69, 9.17) is 0 Å². The van der Waals surface area contributed by atoms with Crippen LogP contribution >= 0.6 is 0 Å². The lowest BCUT2D eigenvalue weighted by Crippen LogP contribution is -2.35. The molecule has 0 N–H and O–H groups in total. The maximum atomic E-state index is 4.14. The van der Waals surface area contributed by atoms with Crippen LogP contribution in [-0.4, -0.2) is 0 Å². The fourth-order valence-corrected chi connectivity index (χ4v) is 17.7. The van der Waals surface area contributed by atoms with Gasteiger partial charge in [-0.3, -0.25) is 0 Å². The van der Waals surface area contributed by atoms with Crippen LogP contribution in [0.25, 0.3) is 0 Å². The lowest BCUT2D eigenvalue weighted by atomic mass is 9.53. The minimum absolute atomic E-state index is 0.00891. The molecule has 10 aromatic carbocycles. The topological polar surface area (TPSA) is 0 Å². The largest absolute Gasteiger partial charge is 0.0973 e. The zero-order valence-electron chi connectivity index (χ0n) is 49.5. The standard InChI is InChI=1S/C86H62/c1-85(2,3)47-26-45-67-81-73-53-31-14-10-27-49(53)69(50-28-11-15-32-54(50)73)77(81)65(78-70-51-29-12-16-33-55(51)74(82(67)78)56-34-17-13-30-52(56)70)43-8-7-9-44-66-79-71-57-35-18-22-39-61(57)75(62-40-23-19-36-58(62)71)83(79)68(46-48-86(4,5)6)84-76-63-41-24-20-37-59(63)72(80(66)84)60-38-21-25-42-64(60)76/h10-25,27-42,69-76H,7,47H2,1-6H3. The normalized spacial score (nSPS) is 20.9. The van der Waals surface area contributed by atoms with Gasteiger partial charge in [-0.1, -0.05) is 262 Å². The van der Waals surface area contributed by atoms with Crippen LogP contribution in [-0.2, 0) is 0 Å². The number of rotatable bonds is 0. The van der Waals surface area contributed by atoms with Gasteiger partial charge in [-0.05, 0) is 160 Å². The molecule has 10 aromatic rings. The Morgan fingerprint density at radius 3 is 0.593 bits per heavy atom. The monoisotopic (exact) mass is 1090 g/mol. The van der Waals surface area contributed by atoms with E-state index in [0.717, 1.165) is 6.42 Å². The van der Waals surface area contributed by atoms with Gasteiger partial charge in [-0.15, -0.1) is 0 Å². The second-order valence-corrected chi connectivity index (χ2v) is 27.6. The first kappa shape index (κ1) is 49.8. The van der Waals surface area contributed by atoms with E-state index in [1.165, 1.54) is 156 Å². The summed E-state index contributed by atoms with van der Waals surface area (Å²) < 4.78 is 0. The van der Waals surface area contributed by atoms with Gasteiger partial charge in [0.1, 0.15) is 0 Å². The molecule has 12 aliphatic carbocycles. The van der Waals surface area contributed by atoms with Gasteiger partial charge < -0.3 is 0 Å². The molecule has 0 unspecified atom stereocenters. The van der Waals surface area contributed by atoms with E-state index >= 15 is 0 Å². The third-order valence-corrected chi connectivity index (χ3v) is 20.6. The molecule has 12 aliphatic rings. The Morgan fingerprint density at radius 2 is 0.419 bits per heavy atom. The quantitative estimate of drug-likeness (QED) is 0.133. The van der Waals surface area contributed by atoms with Gasteiger partial charge in [0, 0.05) is 81.4 Å². The van der Waals surface area contributed by atoms with Crippen LogP contribution < -0.4 is 0 Å². The second kappa shape index (κ2) is 18.0. The highest BCUT2D eigenvalue weighted by Crippen LogP contribution is 2.66. The molecule has 0 aromatic heterocycles. The predicted molar refractivity (Wildman–Crippen MR) is 348 cm³/mol. The van der Waals surface area contributed by atoms with Crippen molar-refractivity contribution in [2.45, 2.75) is 102 Å². The summed E-state index contributed by atoms with van der Waals surface area (Å²) >= 11 is 0. The van der Waals surface area contributed by atoms with Gasteiger partial charge in [0.15, 0.2) is 0 Å². The second-order valence-electron chi connectivity index (χ2n) is 27.6. The molecule has 0 saturated carbocycles. The molecule has 22 rings (SSSR count). The Kier molecular flexibility index (Phi) is 10.4. The molecule has 406 valence electrons. The Morgan fingerprint density at radius 1 is 0.244 bits per heavy atom. The molecule has 0 heteroatoms. The van der Waals surface area contributed by atoms with E-state index < -0.39 is 0 Å². The van der Waals surface area contributed by atoms with E-state index in [9.17, 15) is 0 Å². The summed E-state index contributed by atoms with van der Waals surface area (Å²) in [5.41, 5.74) is 37.8. The molecule has 86 heavy (non-hydrogen) atoms. The Balaban J connectivity index is 0.903. The van der Waals surface area contributed by atoms with Crippen molar-refractivity contribution in [3.05, 3.63) is 350 Å². The van der Waals surface area contributed by atoms with E-state index in [0.29, 0.717) is 6.42 Å². The highest BCUT2D eigenvalue weighted by atomic mass is 14.5. The highest BCUT2D eigenvalue weighted by Gasteiger charge is 2.53. The minimum Gasteiger partial charge on any atom is -0.0973 e. The van der Waals surface area contributed by atoms with Crippen molar-refractivity contribution in [3.63, 3.8) is 0 Å². The van der Waals surface area contributed by atoms with Gasteiger partial charge in [-0.25, -0.2) is 0 Å². The summed E-state index contributed by atoms with van der Waals surface area (Å²) in [7, 11) is 0.